The number of carbonyl (C=O) groups excluding carboxylic acids is 1. The van der Waals surface area contributed by atoms with E-state index in [4.69, 9.17) is 11.0 Å². The zero-order valence-corrected chi connectivity index (χ0v) is 9.96. The van der Waals surface area contributed by atoms with Crippen molar-refractivity contribution < 1.29 is 4.79 Å². The first-order chi connectivity index (χ1) is 7.67. The van der Waals surface area contributed by atoms with Crippen LogP contribution in [-0.2, 0) is 11.2 Å². The van der Waals surface area contributed by atoms with Crippen molar-refractivity contribution in [1.29, 1.82) is 5.26 Å². The van der Waals surface area contributed by atoms with Crippen molar-refractivity contribution in [2.75, 3.05) is 18.8 Å². The Morgan fingerprint density at radius 3 is 3.00 bits per heavy atom. The fraction of sp³-hybridized carbons (Fsp3) is 0.500. The van der Waals surface area contributed by atoms with E-state index < -0.39 is 0 Å². The number of aromatic nitrogens is 1. The topological polar surface area (TPSA) is 83.0 Å². The van der Waals surface area contributed by atoms with Crippen LogP contribution in [0.1, 0.15) is 19.0 Å². The molecule has 5 nitrogen and oxygen atoms in total. The molecule has 0 radical (unpaired) electrons. The molecule has 1 amide bonds. The van der Waals surface area contributed by atoms with Gasteiger partial charge in [-0.05, 0) is 6.92 Å². The number of amides is 1. The van der Waals surface area contributed by atoms with Crippen molar-refractivity contribution in [3.8, 4) is 6.07 Å². The summed E-state index contributed by atoms with van der Waals surface area (Å²) in [5.41, 5.74) is 6.18. The summed E-state index contributed by atoms with van der Waals surface area (Å²) in [4.78, 5) is 17.5. The van der Waals surface area contributed by atoms with Gasteiger partial charge in [-0.3, -0.25) is 4.79 Å². The van der Waals surface area contributed by atoms with Crippen molar-refractivity contribution >= 4 is 22.4 Å². The molecular weight excluding hydrogens is 224 g/mol. The van der Waals surface area contributed by atoms with E-state index in [1.165, 1.54) is 11.3 Å². The molecule has 0 atom stereocenters. The van der Waals surface area contributed by atoms with E-state index in [-0.39, 0.29) is 12.3 Å². The lowest BCUT2D eigenvalue weighted by atomic mass is 10.3. The van der Waals surface area contributed by atoms with Gasteiger partial charge in [-0.15, -0.1) is 11.3 Å². The Morgan fingerprint density at radius 1 is 1.75 bits per heavy atom. The Kier molecular flexibility index (Phi) is 4.73. The van der Waals surface area contributed by atoms with Crippen LogP contribution in [-0.4, -0.2) is 28.9 Å². The number of thiazole rings is 1. The first kappa shape index (κ1) is 12.5. The number of nitrogen functional groups attached to an aromatic ring is 1. The summed E-state index contributed by atoms with van der Waals surface area (Å²) in [7, 11) is 0. The molecule has 0 aliphatic rings. The average Bonchev–Trinajstić information content (AvgIpc) is 2.65. The minimum absolute atomic E-state index is 0.0111. The van der Waals surface area contributed by atoms with E-state index in [2.05, 4.69) is 4.98 Å². The van der Waals surface area contributed by atoms with E-state index in [0.29, 0.717) is 30.3 Å². The quantitative estimate of drug-likeness (QED) is 0.830. The summed E-state index contributed by atoms with van der Waals surface area (Å²) >= 11 is 1.33. The molecule has 0 spiro atoms. The molecule has 16 heavy (non-hydrogen) atoms. The lowest BCUT2D eigenvalue weighted by Crippen LogP contribution is -2.32. The van der Waals surface area contributed by atoms with Crippen LogP contribution in [0.2, 0.25) is 0 Å². The number of rotatable bonds is 5. The van der Waals surface area contributed by atoms with Crippen LogP contribution in [0.3, 0.4) is 0 Å². The van der Waals surface area contributed by atoms with Gasteiger partial charge in [0.25, 0.3) is 0 Å². The number of nitrogens with two attached hydrogens (primary N) is 1. The molecular formula is C10H14N4OS. The van der Waals surface area contributed by atoms with Crippen molar-refractivity contribution in [2.24, 2.45) is 0 Å². The zero-order chi connectivity index (χ0) is 12.0. The molecule has 1 aromatic heterocycles. The fourth-order valence-electron chi connectivity index (χ4n) is 1.31. The normalized spacial score (nSPS) is 9.75. The van der Waals surface area contributed by atoms with Gasteiger partial charge in [0.1, 0.15) is 0 Å². The number of nitrogens with zero attached hydrogens (tertiary/aromatic N) is 3. The highest BCUT2D eigenvalue weighted by molar-refractivity contribution is 7.13. The van der Waals surface area contributed by atoms with E-state index in [1.54, 1.807) is 10.3 Å². The predicted octanol–water partition coefficient (Wildman–Crippen LogP) is 1.03. The minimum atomic E-state index is -0.0111. The predicted molar refractivity (Wildman–Crippen MR) is 62.7 cm³/mol. The van der Waals surface area contributed by atoms with Gasteiger partial charge in [0.2, 0.25) is 5.91 Å². The second-order valence-corrected chi connectivity index (χ2v) is 4.13. The van der Waals surface area contributed by atoms with Crippen molar-refractivity contribution in [1.82, 2.24) is 9.88 Å². The third-order valence-electron chi connectivity index (χ3n) is 2.13. The summed E-state index contributed by atoms with van der Waals surface area (Å²) in [5, 5.41) is 10.7. The molecule has 0 bridgehead atoms. The third-order valence-corrected chi connectivity index (χ3v) is 2.85. The first-order valence-electron chi connectivity index (χ1n) is 5.02. The minimum Gasteiger partial charge on any atom is -0.375 e. The van der Waals surface area contributed by atoms with Gasteiger partial charge in [0.15, 0.2) is 5.13 Å². The molecule has 0 aliphatic carbocycles. The van der Waals surface area contributed by atoms with E-state index in [9.17, 15) is 4.79 Å². The highest BCUT2D eigenvalue weighted by Crippen LogP contribution is 2.12. The maximum atomic E-state index is 11.8. The van der Waals surface area contributed by atoms with Gasteiger partial charge in [0.05, 0.1) is 24.6 Å². The van der Waals surface area contributed by atoms with Gasteiger partial charge in [-0.25, -0.2) is 4.98 Å². The van der Waals surface area contributed by atoms with Crippen LogP contribution >= 0.6 is 11.3 Å². The van der Waals surface area contributed by atoms with Crippen LogP contribution in [0.15, 0.2) is 5.38 Å². The summed E-state index contributed by atoms with van der Waals surface area (Å²) in [6.07, 6.45) is 0.617. The Bertz CT molecular complexity index is 396. The zero-order valence-electron chi connectivity index (χ0n) is 9.14. The molecule has 6 heteroatoms. The molecule has 0 aromatic carbocycles. The highest BCUT2D eigenvalue weighted by atomic mass is 32.1. The third kappa shape index (κ3) is 3.51. The summed E-state index contributed by atoms with van der Waals surface area (Å²) in [6, 6.07) is 2.03. The van der Waals surface area contributed by atoms with Crippen molar-refractivity contribution in [3.63, 3.8) is 0 Å². The van der Waals surface area contributed by atoms with Gasteiger partial charge in [-0.1, -0.05) is 0 Å². The standard InChI is InChI=1S/C10H14N4OS/c1-2-14(5-3-4-11)9(15)6-8-7-16-10(12)13-8/h7H,2-3,5-6H2,1H3,(H2,12,13). The summed E-state index contributed by atoms with van der Waals surface area (Å²) in [5.74, 6) is -0.0111. The van der Waals surface area contributed by atoms with Crippen molar-refractivity contribution in [2.45, 2.75) is 19.8 Å². The lowest BCUT2D eigenvalue weighted by molar-refractivity contribution is -0.130. The molecule has 1 rings (SSSR count). The van der Waals surface area contributed by atoms with Gasteiger partial charge in [0, 0.05) is 18.5 Å². The molecule has 1 heterocycles. The van der Waals surface area contributed by atoms with Crippen molar-refractivity contribution in [3.05, 3.63) is 11.1 Å². The first-order valence-corrected chi connectivity index (χ1v) is 5.90. The summed E-state index contributed by atoms with van der Waals surface area (Å²) < 4.78 is 0. The number of carbonyl (C=O) groups is 1. The Labute approximate surface area is 98.5 Å². The second-order valence-electron chi connectivity index (χ2n) is 3.24. The maximum absolute atomic E-state index is 11.8. The highest BCUT2D eigenvalue weighted by Gasteiger charge is 2.13. The SMILES string of the molecule is CCN(CCC#N)C(=O)Cc1csc(N)n1. The fourth-order valence-corrected chi connectivity index (χ4v) is 1.88. The molecule has 2 N–H and O–H groups in total. The largest absolute Gasteiger partial charge is 0.375 e. The van der Waals surface area contributed by atoms with Crippen LogP contribution in [0.4, 0.5) is 5.13 Å². The number of hydrogen-bond donors (Lipinski definition) is 1. The molecule has 1 aromatic rings. The summed E-state index contributed by atoms with van der Waals surface area (Å²) in [6.45, 7) is 2.98. The van der Waals surface area contributed by atoms with Gasteiger partial charge in [-0.2, -0.15) is 5.26 Å². The Balaban J connectivity index is 2.53. The molecule has 0 aliphatic heterocycles. The molecule has 0 unspecified atom stereocenters. The lowest BCUT2D eigenvalue weighted by Gasteiger charge is -2.18. The van der Waals surface area contributed by atoms with Crippen LogP contribution < -0.4 is 5.73 Å². The molecule has 0 saturated heterocycles. The van der Waals surface area contributed by atoms with Crippen LogP contribution in [0, 0.1) is 11.3 Å². The monoisotopic (exact) mass is 238 g/mol. The second kappa shape index (κ2) is 6.08. The smallest absolute Gasteiger partial charge is 0.228 e. The Morgan fingerprint density at radius 2 is 2.50 bits per heavy atom. The average molecular weight is 238 g/mol. The Hall–Kier alpha value is -1.61. The van der Waals surface area contributed by atoms with E-state index in [0.717, 1.165) is 0 Å². The maximum Gasteiger partial charge on any atom is 0.228 e. The van der Waals surface area contributed by atoms with E-state index in [1.807, 2.05) is 13.0 Å². The number of nitriles is 1. The molecule has 0 saturated carbocycles. The van der Waals surface area contributed by atoms with Crippen LogP contribution in [0.5, 0.6) is 0 Å². The molecule has 0 fully saturated rings. The number of hydrogen-bond acceptors (Lipinski definition) is 5. The molecule has 86 valence electrons. The van der Waals surface area contributed by atoms with Gasteiger partial charge < -0.3 is 10.6 Å². The van der Waals surface area contributed by atoms with Crippen LogP contribution in [0.25, 0.3) is 0 Å². The van der Waals surface area contributed by atoms with E-state index >= 15 is 0 Å². The van der Waals surface area contributed by atoms with Gasteiger partial charge >= 0.3 is 0 Å². The number of likely N-dealkylation sites (N-methyl/N-ethyl adjacent to an activating group) is 1. The number of anilines is 1.